The third kappa shape index (κ3) is 2.68. The third-order valence-electron chi connectivity index (χ3n) is 5.07. The number of carboxylic acids is 1. The number of carboxylic acid groups (broad SMARTS) is 1. The van der Waals surface area contributed by atoms with E-state index in [0.717, 1.165) is 12.8 Å². The first-order chi connectivity index (χ1) is 9.32. The Hall–Kier alpha value is -1.10. The summed E-state index contributed by atoms with van der Waals surface area (Å²) >= 11 is 0. The summed E-state index contributed by atoms with van der Waals surface area (Å²) in [5.74, 6) is -1.08. The van der Waals surface area contributed by atoms with Crippen molar-refractivity contribution in [1.29, 1.82) is 0 Å². The van der Waals surface area contributed by atoms with E-state index in [9.17, 15) is 9.59 Å². The van der Waals surface area contributed by atoms with Crippen molar-refractivity contribution in [2.24, 2.45) is 11.8 Å². The quantitative estimate of drug-likeness (QED) is 0.850. The lowest BCUT2D eigenvalue weighted by molar-refractivity contribution is -0.142. The van der Waals surface area contributed by atoms with Gasteiger partial charge in [-0.1, -0.05) is 6.92 Å². The summed E-state index contributed by atoms with van der Waals surface area (Å²) in [4.78, 5) is 27.8. The topological polar surface area (TPSA) is 60.9 Å². The Morgan fingerprint density at radius 3 is 2.10 bits per heavy atom. The molecular formula is C15H26N2O3. The van der Waals surface area contributed by atoms with Gasteiger partial charge in [-0.15, -0.1) is 0 Å². The van der Waals surface area contributed by atoms with Gasteiger partial charge in [-0.05, 0) is 39.5 Å². The van der Waals surface area contributed by atoms with Crippen LogP contribution >= 0.6 is 0 Å². The Kier molecular flexibility index (Phi) is 4.37. The normalized spacial score (nSPS) is 36.3. The molecule has 20 heavy (non-hydrogen) atoms. The van der Waals surface area contributed by atoms with Crippen molar-refractivity contribution in [3.05, 3.63) is 0 Å². The van der Waals surface area contributed by atoms with Crippen LogP contribution in [0.4, 0.5) is 0 Å². The maximum atomic E-state index is 12.6. The monoisotopic (exact) mass is 282 g/mol. The maximum Gasteiger partial charge on any atom is 0.308 e. The molecule has 0 bridgehead atoms. The Labute approximate surface area is 120 Å². The molecule has 5 unspecified atom stereocenters. The minimum atomic E-state index is -0.789. The molecule has 0 aromatic heterocycles. The summed E-state index contributed by atoms with van der Waals surface area (Å²) in [5.41, 5.74) is 0. The van der Waals surface area contributed by atoms with Crippen molar-refractivity contribution in [3.8, 4) is 0 Å². The molecule has 5 heteroatoms. The van der Waals surface area contributed by atoms with E-state index in [4.69, 9.17) is 5.11 Å². The van der Waals surface area contributed by atoms with Crippen molar-refractivity contribution in [3.63, 3.8) is 0 Å². The van der Waals surface area contributed by atoms with Crippen molar-refractivity contribution in [2.45, 2.75) is 58.7 Å². The predicted molar refractivity (Wildman–Crippen MR) is 76.3 cm³/mol. The molecule has 0 aliphatic carbocycles. The second-order valence-electron chi connectivity index (χ2n) is 6.56. The molecular weight excluding hydrogens is 256 g/mol. The number of rotatable bonds is 3. The molecule has 0 saturated carbocycles. The van der Waals surface area contributed by atoms with Crippen molar-refractivity contribution in [2.75, 3.05) is 13.1 Å². The van der Waals surface area contributed by atoms with Crippen LogP contribution in [0.1, 0.15) is 40.5 Å². The number of nitrogens with zero attached hydrogens (tertiary/aromatic N) is 2. The van der Waals surface area contributed by atoms with E-state index in [1.807, 2.05) is 13.8 Å². The molecule has 2 saturated heterocycles. The molecule has 0 radical (unpaired) electrons. The highest BCUT2D eigenvalue weighted by Crippen LogP contribution is 2.29. The highest BCUT2D eigenvalue weighted by atomic mass is 16.4. The van der Waals surface area contributed by atoms with Crippen LogP contribution in [0.25, 0.3) is 0 Å². The SMILES string of the molecule is CC1CN(C(=O)C(C)N2C(C)CCC2C)CC1C(=O)O. The molecule has 2 heterocycles. The van der Waals surface area contributed by atoms with Gasteiger partial charge < -0.3 is 10.0 Å². The first-order valence-electron chi connectivity index (χ1n) is 7.62. The van der Waals surface area contributed by atoms with Crippen molar-refractivity contribution < 1.29 is 14.7 Å². The summed E-state index contributed by atoms with van der Waals surface area (Å²) in [6.45, 7) is 9.13. The standard InChI is InChI=1S/C15H26N2O3/c1-9-7-16(8-13(9)15(19)20)14(18)12(4)17-10(2)5-6-11(17)3/h9-13H,5-8H2,1-4H3,(H,19,20). The molecule has 0 spiro atoms. The molecule has 2 aliphatic rings. The van der Waals surface area contributed by atoms with Gasteiger partial charge in [0.15, 0.2) is 0 Å². The van der Waals surface area contributed by atoms with Gasteiger partial charge in [0.05, 0.1) is 12.0 Å². The van der Waals surface area contributed by atoms with E-state index in [1.165, 1.54) is 0 Å². The molecule has 5 atom stereocenters. The van der Waals surface area contributed by atoms with Gasteiger partial charge in [0.1, 0.15) is 0 Å². The van der Waals surface area contributed by atoms with Crippen LogP contribution in [0.5, 0.6) is 0 Å². The van der Waals surface area contributed by atoms with Crippen LogP contribution in [0, 0.1) is 11.8 Å². The molecule has 0 aromatic rings. The van der Waals surface area contributed by atoms with Crippen LogP contribution in [-0.2, 0) is 9.59 Å². The maximum absolute atomic E-state index is 12.6. The number of carbonyl (C=O) groups is 2. The van der Waals surface area contributed by atoms with Crippen molar-refractivity contribution in [1.82, 2.24) is 9.80 Å². The molecule has 114 valence electrons. The van der Waals surface area contributed by atoms with Crippen LogP contribution in [0.2, 0.25) is 0 Å². The second kappa shape index (κ2) is 5.72. The molecule has 1 N–H and O–H groups in total. The Bertz CT molecular complexity index is 389. The van der Waals surface area contributed by atoms with Gasteiger partial charge in [0.25, 0.3) is 0 Å². The number of hydrogen-bond donors (Lipinski definition) is 1. The van der Waals surface area contributed by atoms with Crippen LogP contribution in [-0.4, -0.2) is 58.0 Å². The minimum Gasteiger partial charge on any atom is -0.481 e. The zero-order valence-corrected chi connectivity index (χ0v) is 12.9. The average molecular weight is 282 g/mol. The van der Waals surface area contributed by atoms with Crippen LogP contribution in [0.3, 0.4) is 0 Å². The fourth-order valence-corrected chi connectivity index (χ4v) is 3.84. The summed E-state index contributed by atoms with van der Waals surface area (Å²) in [6, 6.07) is 0.709. The van der Waals surface area contributed by atoms with E-state index in [2.05, 4.69) is 18.7 Å². The number of carbonyl (C=O) groups excluding carboxylic acids is 1. The average Bonchev–Trinajstić information content (AvgIpc) is 2.91. The summed E-state index contributed by atoms with van der Waals surface area (Å²) in [7, 11) is 0. The fraction of sp³-hybridized carbons (Fsp3) is 0.867. The van der Waals surface area contributed by atoms with Gasteiger partial charge in [-0.3, -0.25) is 14.5 Å². The molecule has 5 nitrogen and oxygen atoms in total. The summed E-state index contributed by atoms with van der Waals surface area (Å²) in [5, 5.41) is 9.17. The van der Waals surface area contributed by atoms with E-state index in [1.54, 1.807) is 4.90 Å². The summed E-state index contributed by atoms with van der Waals surface area (Å²) in [6.07, 6.45) is 2.26. The lowest BCUT2D eigenvalue weighted by Crippen LogP contribution is -2.50. The van der Waals surface area contributed by atoms with E-state index >= 15 is 0 Å². The number of likely N-dealkylation sites (tertiary alicyclic amines) is 2. The fourth-order valence-electron chi connectivity index (χ4n) is 3.84. The Morgan fingerprint density at radius 1 is 1.10 bits per heavy atom. The molecule has 0 aromatic carbocycles. The highest BCUT2D eigenvalue weighted by Gasteiger charge is 2.41. The first-order valence-corrected chi connectivity index (χ1v) is 7.62. The smallest absolute Gasteiger partial charge is 0.308 e. The van der Waals surface area contributed by atoms with E-state index in [-0.39, 0.29) is 17.9 Å². The predicted octanol–water partition coefficient (Wildman–Crippen LogP) is 1.43. The lowest BCUT2D eigenvalue weighted by atomic mass is 9.99. The Balaban J connectivity index is 2.03. The zero-order chi connectivity index (χ0) is 15.0. The van der Waals surface area contributed by atoms with Crippen molar-refractivity contribution >= 4 is 11.9 Å². The molecule has 1 amide bonds. The highest BCUT2D eigenvalue weighted by molar-refractivity contribution is 5.83. The van der Waals surface area contributed by atoms with Crippen LogP contribution < -0.4 is 0 Å². The van der Waals surface area contributed by atoms with E-state index < -0.39 is 11.9 Å². The number of amides is 1. The Morgan fingerprint density at radius 2 is 1.65 bits per heavy atom. The third-order valence-corrected chi connectivity index (χ3v) is 5.07. The van der Waals surface area contributed by atoms with Gasteiger partial charge in [-0.2, -0.15) is 0 Å². The van der Waals surface area contributed by atoms with Crippen LogP contribution in [0.15, 0.2) is 0 Å². The molecule has 2 rings (SSSR count). The number of aliphatic carboxylic acids is 1. The minimum absolute atomic E-state index is 0.0390. The summed E-state index contributed by atoms with van der Waals surface area (Å²) < 4.78 is 0. The largest absolute Gasteiger partial charge is 0.481 e. The van der Waals surface area contributed by atoms with Gasteiger partial charge in [0, 0.05) is 25.2 Å². The first kappa shape index (κ1) is 15.3. The van der Waals surface area contributed by atoms with Gasteiger partial charge in [0.2, 0.25) is 5.91 Å². The second-order valence-corrected chi connectivity index (χ2v) is 6.56. The molecule has 2 fully saturated rings. The van der Waals surface area contributed by atoms with E-state index in [0.29, 0.717) is 25.2 Å². The molecule has 2 aliphatic heterocycles. The number of hydrogen-bond acceptors (Lipinski definition) is 3. The van der Waals surface area contributed by atoms with Gasteiger partial charge >= 0.3 is 5.97 Å². The van der Waals surface area contributed by atoms with Gasteiger partial charge in [-0.25, -0.2) is 0 Å². The lowest BCUT2D eigenvalue weighted by Gasteiger charge is -2.34. The zero-order valence-electron chi connectivity index (χ0n) is 12.9.